The fourth-order valence-electron chi connectivity index (χ4n) is 2.19. The van der Waals surface area contributed by atoms with Gasteiger partial charge in [0.1, 0.15) is 5.82 Å². The van der Waals surface area contributed by atoms with E-state index in [1.807, 2.05) is 32.0 Å². The number of hydrogen-bond donors (Lipinski definition) is 0. The van der Waals surface area contributed by atoms with Crippen LogP contribution in [0.15, 0.2) is 34.8 Å². The Hall–Kier alpha value is -0.380. The minimum Gasteiger partial charge on any atom is -0.207 e. The Kier molecular flexibility index (Phi) is 4.70. The third-order valence-corrected chi connectivity index (χ3v) is 4.83. The quantitative estimate of drug-likeness (QED) is 0.510. The van der Waals surface area contributed by atoms with E-state index in [-0.39, 0.29) is 10.6 Å². The average Bonchev–Trinajstić information content (AvgIpc) is 2.30. The van der Waals surface area contributed by atoms with Crippen LogP contribution in [-0.2, 0) is 0 Å². The van der Waals surface area contributed by atoms with Crippen LogP contribution in [0.3, 0.4) is 0 Å². The molecule has 0 N–H and O–H groups in total. The fraction of sp³-hybridized carbons (Fsp3) is 0.200. The number of rotatable bonds is 2. The largest absolute Gasteiger partial charge is 0.207 e. The highest BCUT2D eigenvalue weighted by atomic mass is 79.9. The van der Waals surface area contributed by atoms with Gasteiger partial charge in [0.25, 0.3) is 0 Å². The van der Waals surface area contributed by atoms with Crippen LogP contribution < -0.4 is 0 Å². The van der Waals surface area contributed by atoms with E-state index in [4.69, 9.17) is 11.6 Å². The van der Waals surface area contributed by atoms with Gasteiger partial charge in [0, 0.05) is 9.50 Å². The SMILES string of the molecule is Cc1cc(F)cc(C)c1C(Br)c1cc(Br)ccc1Cl. The summed E-state index contributed by atoms with van der Waals surface area (Å²) < 4.78 is 14.3. The first-order valence-corrected chi connectivity index (χ1v) is 7.84. The summed E-state index contributed by atoms with van der Waals surface area (Å²) in [5.74, 6) is -0.209. The molecule has 0 aliphatic rings. The van der Waals surface area contributed by atoms with Crippen molar-refractivity contribution < 1.29 is 4.39 Å². The van der Waals surface area contributed by atoms with Gasteiger partial charge in [-0.25, -0.2) is 4.39 Å². The molecule has 0 radical (unpaired) electrons. The number of aryl methyl sites for hydroxylation is 2. The number of alkyl halides is 1. The maximum Gasteiger partial charge on any atom is 0.123 e. The molecule has 0 bridgehead atoms. The van der Waals surface area contributed by atoms with Crippen molar-refractivity contribution in [2.75, 3.05) is 0 Å². The summed E-state index contributed by atoms with van der Waals surface area (Å²) in [5, 5.41) is 0.688. The first kappa shape index (κ1) is 15.0. The molecule has 0 spiro atoms. The lowest BCUT2D eigenvalue weighted by Crippen LogP contribution is -2.01. The van der Waals surface area contributed by atoms with Gasteiger partial charge in [-0.2, -0.15) is 0 Å². The summed E-state index contributed by atoms with van der Waals surface area (Å²) >= 11 is 13.4. The van der Waals surface area contributed by atoms with E-state index >= 15 is 0 Å². The molecule has 0 nitrogen and oxygen atoms in total. The van der Waals surface area contributed by atoms with Crippen molar-refractivity contribution in [3.8, 4) is 0 Å². The van der Waals surface area contributed by atoms with Crippen LogP contribution >= 0.6 is 43.5 Å². The van der Waals surface area contributed by atoms with Crippen molar-refractivity contribution in [1.82, 2.24) is 0 Å². The van der Waals surface area contributed by atoms with Crippen LogP contribution in [0.2, 0.25) is 5.02 Å². The molecule has 1 atom stereocenters. The zero-order chi connectivity index (χ0) is 14.2. The zero-order valence-electron chi connectivity index (χ0n) is 10.5. The predicted molar refractivity (Wildman–Crippen MR) is 85.8 cm³/mol. The lowest BCUT2D eigenvalue weighted by molar-refractivity contribution is 0.624. The Balaban J connectivity index is 2.56. The van der Waals surface area contributed by atoms with Crippen LogP contribution in [0.1, 0.15) is 27.1 Å². The van der Waals surface area contributed by atoms with Gasteiger partial charge in [-0.3, -0.25) is 0 Å². The van der Waals surface area contributed by atoms with Crippen LogP contribution in [0.25, 0.3) is 0 Å². The molecule has 2 aromatic rings. The normalized spacial score (nSPS) is 12.5. The van der Waals surface area contributed by atoms with Crippen molar-refractivity contribution >= 4 is 43.5 Å². The van der Waals surface area contributed by atoms with Gasteiger partial charge in [0.05, 0.1) is 4.83 Å². The van der Waals surface area contributed by atoms with E-state index in [1.165, 1.54) is 0 Å². The molecule has 0 saturated heterocycles. The van der Waals surface area contributed by atoms with E-state index in [0.717, 1.165) is 26.7 Å². The van der Waals surface area contributed by atoms with E-state index in [1.54, 1.807) is 12.1 Å². The Morgan fingerprint density at radius 3 is 2.26 bits per heavy atom. The molecule has 19 heavy (non-hydrogen) atoms. The fourth-order valence-corrected chi connectivity index (χ4v) is 4.02. The number of benzene rings is 2. The summed E-state index contributed by atoms with van der Waals surface area (Å²) in [4.78, 5) is -0.0573. The molecule has 100 valence electrons. The van der Waals surface area contributed by atoms with Gasteiger partial charge in [-0.1, -0.05) is 43.5 Å². The van der Waals surface area contributed by atoms with Crippen molar-refractivity contribution in [2.45, 2.75) is 18.7 Å². The van der Waals surface area contributed by atoms with Gasteiger partial charge in [-0.15, -0.1) is 0 Å². The van der Waals surface area contributed by atoms with Gasteiger partial charge in [0.2, 0.25) is 0 Å². The molecular formula is C15H12Br2ClF. The minimum atomic E-state index is -0.209. The third kappa shape index (κ3) is 3.21. The number of halogens is 4. The van der Waals surface area contributed by atoms with E-state index in [0.29, 0.717) is 5.02 Å². The van der Waals surface area contributed by atoms with Crippen molar-refractivity contribution in [3.05, 3.63) is 67.9 Å². The first-order valence-electron chi connectivity index (χ1n) is 5.76. The predicted octanol–water partition coefficient (Wildman–Crippen LogP) is 6.34. The standard InChI is InChI=1S/C15H12Br2ClF/c1-8-5-11(19)6-9(2)14(8)15(17)12-7-10(16)3-4-13(12)18/h3-7,15H,1-2H3. The molecule has 0 saturated carbocycles. The zero-order valence-corrected chi connectivity index (χ0v) is 14.4. The Labute approximate surface area is 134 Å². The second-order valence-corrected chi connectivity index (χ2v) is 6.72. The molecule has 0 fully saturated rings. The van der Waals surface area contributed by atoms with Gasteiger partial charge in [-0.05, 0) is 66.4 Å². The summed E-state index contributed by atoms with van der Waals surface area (Å²) in [5.41, 5.74) is 3.85. The van der Waals surface area contributed by atoms with Crippen LogP contribution in [0, 0.1) is 19.7 Å². The summed E-state index contributed by atoms with van der Waals surface area (Å²) in [6.45, 7) is 3.82. The molecular weight excluding hydrogens is 394 g/mol. The van der Waals surface area contributed by atoms with E-state index < -0.39 is 0 Å². The second kappa shape index (κ2) is 5.94. The lowest BCUT2D eigenvalue weighted by Gasteiger charge is -2.18. The Bertz CT molecular complexity index is 603. The molecule has 0 aliphatic carbocycles. The van der Waals surface area contributed by atoms with E-state index in [2.05, 4.69) is 31.9 Å². The molecule has 0 aliphatic heterocycles. The van der Waals surface area contributed by atoms with Gasteiger partial charge < -0.3 is 0 Å². The van der Waals surface area contributed by atoms with Crippen molar-refractivity contribution in [2.24, 2.45) is 0 Å². The highest BCUT2D eigenvalue weighted by Crippen LogP contribution is 2.39. The molecule has 0 amide bonds. The Morgan fingerprint density at radius 2 is 1.68 bits per heavy atom. The average molecular weight is 407 g/mol. The minimum absolute atomic E-state index is 0.0573. The van der Waals surface area contributed by atoms with Gasteiger partial charge >= 0.3 is 0 Å². The maximum atomic E-state index is 13.4. The smallest absolute Gasteiger partial charge is 0.123 e. The van der Waals surface area contributed by atoms with Crippen LogP contribution in [0.4, 0.5) is 4.39 Å². The van der Waals surface area contributed by atoms with Crippen molar-refractivity contribution in [1.29, 1.82) is 0 Å². The monoisotopic (exact) mass is 404 g/mol. The molecule has 2 aromatic carbocycles. The Morgan fingerprint density at radius 1 is 1.11 bits per heavy atom. The third-order valence-electron chi connectivity index (χ3n) is 3.04. The summed E-state index contributed by atoms with van der Waals surface area (Å²) in [6, 6.07) is 8.81. The first-order chi connectivity index (χ1) is 8.90. The van der Waals surface area contributed by atoms with Crippen molar-refractivity contribution in [3.63, 3.8) is 0 Å². The summed E-state index contributed by atoms with van der Waals surface area (Å²) in [7, 11) is 0. The van der Waals surface area contributed by atoms with Crippen LogP contribution in [-0.4, -0.2) is 0 Å². The highest BCUT2D eigenvalue weighted by molar-refractivity contribution is 9.10. The molecule has 4 heteroatoms. The lowest BCUT2D eigenvalue weighted by atomic mass is 9.96. The molecule has 0 heterocycles. The van der Waals surface area contributed by atoms with E-state index in [9.17, 15) is 4.39 Å². The molecule has 0 aromatic heterocycles. The summed E-state index contributed by atoms with van der Waals surface area (Å²) in [6.07, 6.45) is 0. The molecule has 2 rings (SSSR count). The maximum absolute atomic E-state index is 13.4. The van der Waals surface area contributed by atoms with Gasteiger partial charge in [0.15, 0.2) is 0 Å². The van der Waals surface area contributed by atoms with Crippen LogP contribution in [0.5, 0.6) is 0 Å². The second-order valence-electron chi connectivity index (χ2n) is 4.48. The topological polar surface area (TPSA) is 0 Å². The molecule has 1 unspecified atom stereocenters. The number of hydrogen-bond acceptors (Lipinski definition) is 0. The highest BCUT2D eigenvalue weighted by Gasteiger charge is 2.19.